The number of hydrogen-bond donors (Lipinski definition) is 1. The van der Waals surface area contributed by atoms with Crippen molar-refractivity contribution >= 4 is 27.5 Å². The summed E-state index contributed by atoms with van der Waals surface area (Å²) >= 11 is 3.44. The van der Waals surface area contributed by atoms with Gasteiger partial charge in [0, 0.05) is 15.7 Å². The Bertz CT molecular complexity index is 587. The molecule has 0 aliphatic carbocycles. The monoisotopic (exact) mass is 317 g/mol. The zero-order valence-electron chi connectivity index (χ0n) is 11.0. The SMILES string of the molecule is CCc1ccccc1C(=O)Nc1cc(C)cc(Br)c1. The summed E-state index contributed by atoms with van der Waals surface area (Å²) in [5.41, 5.74) is 3.71. The van der Waals surface area contributed by atoms with Crippen molar-refractivity contribution in [3.05, 3.63) is 63.6 Å². The minimum atomic E-state index is -0.0602. The molecule has 0 atom stereocenters. The molecule has 0 aliphatic rings. The molecule has 2 aromatic rings. The molecular weight excluding hydrogens is 302 g/mol. The Morgan fingerprint density at radius 3 is 2.63 bits per heavy atom. The van der Waals surface area contributed by atoms with Gasteiger partial charge in [0.05, 0.1) is 0 Å². The predicted octanol–water partition coefficient (Wildman–Crippen LogP) is 4.57. The van der Waals surface area contributed by atoms with E-state index < -0.39 is 0 Å². The maximum atomic E-state index is 12.3. The van der Waals surface area contributed by atoms with Crippen molar-refractivity contribution in [3.8, 4) is 0 Å². The van der Waals surface area contributed by atoms with Gasteiger partial charge in [0.25, 0.3) is 5.91 Å². The molecule has 0 aromatic heterocycles. The Labute approximate surface area is 122 Å². The molecule has 1 N–H and O–H groups in total. The first-order valence-corrected chi connectivity index (χ1v) is 7.06. The summed E-state index contributed by atoms with van der Waals surface area (Å²) in [6, 6.07) is 13.6. The summed E-state index contributed by atoms with van der Waals surface area (Å²) in [5, 5.41) is 2.95. The van der Waals surface area contributed by atoms with Crippen molar-refractivity contribution < 1.29 is 4.79 Å². The van der Waals surface area contributed by atoms with E-state index in [1.807, 2.05) is 49.4 Å². The van der Waals surface area contributed by atoms with E-state index in [2.05, 4.69) is 28.2 Å². The number of anilines is 1. The molecule has 0 aliphatic heterocycles. The average molecular weight is 318 g/mol. The quantitative estimate of drug-likeness (QED) is 0.882. The third-order valence-corrected chi connectivity index (χ3v) is 3.40. The smallest absolute Gasteiger partial charge is 0.255 e. The van der Waals surface area contributed by atoms with Gasteiger partial charge in [-0.15, -0.1) is 0 Å². The number of halogens is 1. The molecule has 2 rings (SSSR count). The highest BCUT2D eigenvalue weighted by Crippen LogP contribution is 2.20. The van der Waals surface area contributed by atoms with Gasteiger partial charge < -0.3 is 5.32 Å². The Hall–Kier alpha value is -1.61. The zero-order valence-corrected chi connectivity index (χ0v) is 12.6. The largest absolute Gasteiger partial charge is 0.322 e. The maximum Gasteiger partial charge on any atom is 0.255 e. The predicted molar refractivity (Wildman–Crippen MR) is 82.7 cm³/mol. The van der Waals surface area contributed by atoms with Crippen LogP contribution in [-0.2, 0) is 6.42 Å². The number of carbonyl (C=O) groups is 1. The molecular formula is C16H16BrNO. The second-order valence-corrected chi connectivity index (χ2v) is 5.40. The second kappa shape index (κ2) is 6.02. The number of amides is 1. The fraction of sp³-hybridized carbons (Fsp3) is 0.188. The lowest BCUT2D eigenvalue weighted by molar-refractivity contribution is 0.102. The zero-order chi connectivity index (χ0) is 13.8. The molecule has 0 bridgehead atoms. The Morgan fingerprint density at radius 2 is 1.95 bits per heavy atom. The topological polar surface area (TPSA) is 29.1 Å². The van der Waals surface area contributed by atoms with Crippen molar-refractivity contribution in [2.75, 3.05) is 5.32 Å². The number of carbonyl (C=O) groups excluding carboxylic acids is 1. The highest BCUT2D eigenvalue weighted by molar-refractivity contribution is 9.10. The van der Waals surface area contributed by atoms with Gasteiger partial charge in [0.1, 0.15) is 0 Å². The molecule has 19 heavy (non-hydrogen) atoms. The van der Waals surface area contributed by atoms with Crippen LogP contribution in [0.15, 0.2) is 46.9 Å². The van der Waals surface area contributed by atoms with Gasteiger partial charge in [-0.05, 0) is 48.7 Å². The Morgan fingerprint density at radius 1 is 1.21 bits per heavy atom. The van der Waals surface area contributed by atoms with Gasteiger partial charge in [0.2, 0.25) is 0 Å². The van der Waals surface area contributed by atoms with Crippen LogP contribution >= 0.6 is 15.9 Å². The van der Waals surface area contributed by atoms with E-state index in [1.54, 1.807) is 0 Å². The van der Waals surface area contributed by atoms with E-state index >= 15 is 0 Å². The Kier molecular flexibility index (Phi) is 4.38. The molecule has 2 aromatic carbocycles. The molecule has 0 spiro atoms. The molecule has 0 unspecified atom stereocenters. The molecule has 0 saturated heterocycles. The summed E-state index contributed by atoms with van der Waals surface area (Å²) in [6.45, 7) is 4.05. The van der Waals surface area contributed by atoms with Crippen LogP contribution in [0.25, 0.3) is 0 Å². The molecule has 0 saturated carbocycles. The number of nitrogens with one attached hydrogen (secondary N) is 1. The van der Waals surface area contributed by atoms with Gasteiger partial charge in [-0.2, -0.15) is 0 Å². The Balaban J connectivity index is 2.25. The molecule has 3 heteroatoms. The van der Waals surface area contributed by atoms with Crippen LogP contribution in [0.2, 0.25) is 0 Å². The third-order valence-electron chi connectivity index (χ3n) is 2.94. The van der Waals surface area contributed by atoms with E-state index in [0.29, 0.717) is 0 Å². The van der Waals surface area contributed by atoms with Gasteiger partial charge in [-0.25, -0.2) is 0 Å². The maximum absolute atomic E-state index is 12.3. The minimum absolute atomic E-state index is 0.0602. The lowest BCUT2D eigenvalue weighted by Gasteiger charge is -2.10. The summed E-state index contributed by atoms with van der Waals surface area (Å²) in [6.07, 6.45) is 0.848. The van der Waals surface area contributed by atoms with E-state index in [9.17, 15) is 4.79 Å². The lowest BCUT2D eigenvalue weighted by Crippen LogP contribution is -2.14. The normalized spacial score (nSPS) is 10.3. The van der Waals surface area contributed by atoms with Gasteiger partial charge in [-0.3, -0.25) is 4.79 Å². The number of benzene rings is 2. The standard InChI is InChI=1S/C16H16BrNO/c1-3-12-6-4-5-7-15(12)16(19)18-14-9-11(2)8-13(17)10-14/h4-10H,3H2,1-2H3,(H,18,19). The third kappa shape index (κ3) is 3.44. The van der Waals surface area contributed by atoms with Crippen LogP contribution in [0.4, 0.5) is 5.69 Å². The van der Waals surface area contributed by atoms with E-state index in [0.717, 1.165) is 33.3 Å². The van der Waals surface area contributed by atoms with Crippen molar-refractivity contribution in [1.29, 1.82) is 0 Å². The van der Waals surface area contributed by atoms with Crippen LogP contribution in [0.5, 0.6) is 0 Å². The number of hydrogen-bond acceptors (Lipinski definition) is 1. The van der Waals surface area contributed by atoms with Crippen molar-refractivity contribution in [2.45, 2.75) is 20.3 Å². The van der Waals surface area contributed by atoms with Crippen LogP contribution in [0.1, 0.15) is 28.4 Å². The van der Waals surface area contributed by atoms with Crippen molar-refractivity contribution in [3.63, 3.8) is 0 Å². The number of aryl methyl sites for hydroxylation is 2. The van der Waals surface area contributed by atoms with Gasteiger partial charge >= 0.3 is 0 Å². The van der Waals surface area contributed by atoms with Crippen LogP contribution in [-0.4, -0.2) is 5.91 Å². The first-order chi connectivity index (χ1) is 9.10. The van der Waals surface area contributed by atoms with Crippen LogP contribution in [0.3, 0.4) is 0 Å². The minimum Gasteiger partial charge on any atom is -0.322 e. The van der Waals surface area contributed by atoms with Crippen LogP contribution < -0.4 is 5.32 Å². The molecule has 0 radical (unpaired) electrons. The molecule has 0 heterocycles. The second-order valence-electron chi connectivity index (χ2n) is 4.48. The van der Waals surface area contributed by atoms with E-state index in [1.165, 1.54) is 0 Å². The van der Waals surface area contributed by atoms with E-state index in [4.69, 9.17) is 0 Å². The van der Waals surface area contributed by atoms with E-state index in [-0.39, 0.29) is 5.91 Å². The summed E-state index contributed by atoms with van der Waals surface area (Å²) < 4.78 is 0.964. The van der Waals surface area contributed by atoms with Crippen LogP contribution in [0, 0.1) is 6.92 Å². The molecule has 98 valence electrons. The fourth-order valence-electron chi connectivity index (χ4n) is 2.06. The number of rotatable bonds is 3. The first-order valence-electron chi connectivity index (χ1n) is 6.26. The average Bonchev–Trinajstić information content (AvgIpc) is 2.37. The van der Waals surface area contributed by atoms with Gasteiger partial charge in [0.15, 0.2) is 0 Å². The lowest BCUT2D eigenvalue weighted by atomic mass is 10.0. The summed E-state index contributed by atoms with van der Waals surface area (Å²) in [7, 11) is 0. The van der Waals surface area contributed by atoms with Gasteiger partial charge in [-0.1, -0.05) is 41.1 Å². The summed E-state index contributed by atoms with van der Waals surface area (Å²) in [4.78, 5) is 12.3. The molecule has 1 amide bonds. The summed E-state index contributed by atoms with van der Waals surface area (Å²) in [5.74, 6) is -0.0602. The molecule has 0 fully saturated rings. The van der Waals surface area contributed by atoms with Crippen molar-refractivity contribution in [2.24, 2.45) is 0 Å². The fourth-order valence-corrected chi connectivity index (χ4v) is 2.66. The highest BCUT2D eigenvalue weighted by atomic mass is 79.9. The first kappa shape index (κ1) is 13.8. The molecule has 2 nitrogen and oxygen atoms in total. The van der Waals surface area contributed by atoms with Crippen molar-refractivity contribution in [1.82, 2.24) is 0 Å². The highest BCUT2D eigenvalue weighted by Gasteiger charge is 2.10.